The lowest BCUT2D eigenvalue weighted by Gasteiger charge is -2.20. The SMILES string of the molecule is C=Cc1ncc2c(c1/C=C/Br)OCCO2. The Bertz CT molecular complexity index is 415. The van der Waals surface area contributed by atoms with Gasteiger partial charge in [-0.1, -0.05) is 22.5 Å². The highest BCUT2D eigenvalue weighted by Crippen LogP contribution is 2.35. The maximum atomic E-state index is 5.56. The monoisotopic (exact) mass is 267 g/mol. The third kappa shape index (κ3) is 1.90. The minimum absolute atomic E-state index is 0.566. The second kappa shape index (κ2) is 4.49. The minimum Gasteiger partial charge on any atom is -0.485 e. The van der Waals surface area contributed by atoms with Gasteiger partial charge in [0.05, 0.1) is 11.9 Å². The zero-order valence-corrected chi connectivity index (χ0v) is 9.66. The van der Waals surface area contributed by atoms with Gasteiger partial charge in [0.15, 0.2) is 11.5 Å². The molecule has 15 heavy (non-hydrogen) atoms. The molecule has 0 unspecified atom stereocenters. The van der Waals surface area contributed by atoms with Gasteiger partial charge in [0, 0.05) is 5.56 Å². The number of nitrogens with zero attached hydrogens (tertiary/aromatic N) is 1. The van der Waals surface area contributed by atoms with E-state index in [1.807, 2.05) is 6.08 Å². The van der Waals surface area contributed by atoms with Crippen molar-refractivity contribution < 1.29 is 9.47 Å². The molecule has 1 aliphatic heterocycles. The van der Waals surface area contributed by atoms with E-state index >= 15 is 0 Å². The van der Waals surface area contributed by atoms with E-state index in [9.17, 15) is 0 Å². The number of aromatic nitrogens is 1. The molecule has 3 nitrogen and oxygen atoms in total. The molecule has 78 valence electrons. The molecule has 0 spiro atoms. The van der Waals surface area contributed by atoms with Crippen molar-refractivity contribution in [2.75, 3.05) is 13.2 Å². The summed E-state index contributed by atoms with van der Waals surface area (Å²) in [7, 11) is 0. The van der Waals surface area contributed by atoms with Crippen molar-refractivity contribution >= 4 is 28.1 Å². The second-order valence-corrected chi connectivity index (χ2v) is 3.47. The van der Waals surface area contributed by atoms with Crippen LogP contribution in [0.1, 0.15) is 11.3 Å². The molecule has 1 aromatic rings. The predicted octanol–water partition coefficient (Wildman–Crippen LogP) is 2.86. The Morgan fingerprint density at radius 2 is 2.20 bits per heavy atom. The Morgan fingerprint density at radius 1 is 1.40 bits per heavy atom. The molecule has 0 radical (unpaired) electrons. The molecule has 2 heterocycles. The number of rotatable bonds is 2. The van der Waals surface area contributed by atoms with E-state index in [0.717, 1.165) is 17.0 Å². The fourth-order valence-corrected chi connectivity index (χ4v) is 1.70. The van der Waals surface area contributed by atoms with Crippen LogP contribution < -0.4 is 9.47 Å². The van der Waals surface area contributed by atoms with E-state index in [1.165, 1.54) is 0 Å². The molecule has 0 amide bonds. The fourth-order valence-electron chi connectivity index (χ4n) is 1.44. The Hall–Kier alpha value is -1.29. The van der Waals surface area contributed by atoms with Crippen LogP contribution in [-0.4, -0.2) is 18.2 Å². The van der Waals surface area contributed by atoms with E-state index in [4.69, 9.17) is 9.47 Å². The fraction of sp³-hybridized carbons (Fsp3) is 0.182. The topological polar surface area (TPSA) is 31.4 Å². The maximum absolute atomic E-state index is 5.56. The van der Waals surface area contributed by atoms with E-state index < -0.39 is 0 Å². The number of hydrogen-bond acceptors (Lipinski definition) is 3. The van der Waals surface area contributed by atoms with Crippen molar-refractivity contribution in [3.05, 3.63) is 29.0 Å². The van der Waals surface area contributed by atoms with E-state index in [-0.39, 0.29) is 0 Å². The quantitative estimate of drug-likeness (QED) is 0.826. The summed E-state index contributed by atoms with van der Waals surface area (Å²) in [6.07, 6.45) is 5.23. The van der Waals surface area contributed by atoms with Crippen LogP contribution >= 0.6 is 15.9 Å². The van der Waals surface area contributed by atoms with E-state index in [1.54, 1.807) is 17.3 Å². The van der Waals surface area contributed by atoms with Crippen molar-refractivity contribution in [1.29, 1.82) is 0 Å². The molecule has 0 atom stereocenters. The molecule has 0 fully saturated rings. The minimum atomic E-state index is 0.566. The summed E-state index contributed by atoms with van der Waals surface area (Å²) in [6.45, 7) is 4.85. The highest BCUT2D eigenvalue weighted by Gasteiger charge is 2.17. The highest BCUT2D eigenvalue weighted by molar-refractivity contribution is 9.11. The van der Waals surface area contributed by atoms with Crippen LogP contribution in [-0.2, 0) is 0 Å². The number of fused-ring (bicyclic) bond motifs is 1. The summed E-state index contributed by atoms with van der Waals surface area (Å²) >= 11 is 3.24. The molecular formula is C11H10BrNO2. The van der Waals surface area contributed by atoms with Gasteiger partial charge in [-0.25, -0.2) is 0 Å². The molecule has 0 saturated heterocycles. The third-order valence-electron chi connectivity index (χ3n) is 2.08. The smallest absolute Gasteiger partial charge is 0.180 e. The molecule has 2 rings (SSSR count). The molecule has 0 bridgehead atoms. The van der Waals surface area contributed by atoms with E-state index in [0.29, 0.717) is 19.0 Å². The van der Waals surface area contributed by atoms with Gasteiger partial charge in [-0.3, -0.25) is 4.98 Å². The van der Waals surface area contributed by atoms with Crippen molar-refractivity contribution in [2.45, 2.75) is 0 Å². The maximum Gasteiger partial charge on any atom is 0.180 e. The van der Waals surface area contributed by atoms with Crippen LogP contribution in [0.3, 0.4) is 0 Å². The van der Waals surface area contributed by atoms with Gasteiger partial charge < -0.3 is 9.47 Å². The van der Waals surface area contributed by atoms with Gasteiger partial charge in [-0.05, 0) is 17.1 Å². The first-order chi connectivity index (χ1) is 7.36. The molecule has 1 aromatic heterocycles. The lowest BCUT2D eigenvalue weighted by atomic mass is 10.1. The molecule has 0 aliphatic carbocycles. The van der Waals surface area contributed by atoms with Gasteiger partial charge in [0.2, 0.25) is 0 Å². The number of hydrogen-bond donors (Lipinski definition) is 0. The Labute approximate surface area is 96.6 Å². The van der Waals surface area contributed by atoms with Gasteiger partial charge >= 0.3 is 0 Å². The zero-order valence-electron chi connectivity index (χ0n) is 8.07. The molecule has 0 N–H and O–H groups in total. The normalized spacial score (nSPS) is 14.2. The predicted molar refractivity (Wildman–Crippen MR) is 63.3 cm³/mol. The lowest BCUT2D eigenvalue weighted by molar-refractivity contribution is 0.170. The van der Waals surface area contributed by atoms with Crippen LogP contribution in [0.2, 0.25) is 0 Å². The molecule has 4 heteroatoms. The number of ether oxygens (including phenoxy) is 2. The van der Waals surface area contributed by atoms with Crippen LogP contribution in [0.15, 0.2) is 17.8 Å². The molecule has 0 aromatic carbocycles. The first-order valence-electron chi connectivity index (χ1n) is 4.54. The number of halogens is 1. The summed E-state index contributed by atoms with van der Waals surface area (Å²) < 4.78 is 11.0. The first kappa shape index (κ1) is 10.2. The zero-order chi connectivity index (χ0) is 10.7. The highest BCUT2D eigenvalue weighted by atomic mass is 79.9. The van der Waals surface area contributed by atoms with Crippen molar-refractivity contribution in [3.8, 4) is 11.5 Å². The first-order valence-corrected chi connectivity index (χ1v) is 5.46. The number of pyridine rings is 1. The Balaban J connectivity index is 2.58. The average Bonchev–Trinajstić information content (AvgIpc) is 2.30. The summed E-state index contributed by atoms with van der Waals surface area (Å²) in [5.41, 5.74) is 1.68. The Kier molecular flexibility index (Phi) is 3.06. The summed E-state index contributed by atoms with van der Waals surface area (Å²) in [4.78, 5) is 5.99. The van der Waals surface area contributed by atoms with E-state index in [2.05, 4.69) is 27.5 Å². The second-order valence-electron chi connectivity index (χ2n) is 2.94. The van der Waals surface area contributed by atoms with Crippen LogP contribution in [0.4, 0.5) is 0 Å². The van der Waals surface area contributed by atoms with Gasteiger partial charge in [-0.15, -0.1) is 0 Å². The van der Waals surface area contributed by atoms with Crippen molar-refractivity contribution in [1.82, 2.24) is 4.98 Å². The molecular weight excluding hydrogens is 258 g/mol. The van der Waals surface area contributed by atoms with Gasteiger partial charge in [0.1, 0.15) is 13.2 Å². The van der Waals surface area contributed by atoms with Crippen LogP contribution in [0, 0.1) is 0 Å². The largest absolute Gasteiger partial charge is 0.485 e. The van der Waals surface area contributed by atoms with Crippen LogP contribution in [0.25, 0.3) is 12.2 Å². The average molecular weight is 268 g/mol. The molecule has 0 saturated carbocycles. The summed E-state index contributed by atoms with van der Waals surface area (Å²) in [6, 6.07) is 0. The summed E-state index contributed by atoms with van der Waals surface area (Å²) in [5.74, 6) is 1.43. The van der Waals surface area contributed by atoms with Gasteiger partial charge in [-0.2, -0.15) is 0 Å². The molecule has 1 aliphatic rings. The lowest BCUT2D eigenvalue weighted by Crippen LogP contribution is -2.16. The van der Waals surface area contributed by atoms with Crippen molar-refractivity contribution in [3.63, 3.8) is 0 Å². The van der Waals surface area contributed by atoms with Crippen molar-refractivity contribution in [2.24, 2.45) is 0 Å². The summed E-state index contributed by atoms with van der Waals surface area (Å²) in [5, 5.41) is 0. The Morgan fingerprint density at radius 3 is 2.93 bits per heavy atom. The third-order valence-corrected chi connectivity index (χ3v) is 2.34. The van der Waals surface area contributed by atoms with Crippen LogP contribution in [0.5, 0.6) is 11.5 Å². The standard InChI is InChI=1S/C11H10BrNO2/c1-2-9-8(3-4-12)11-10(7-13-9)14-5-6-15-11/h2-4,7H,1,5-6H2/b4-3+. The van der Waals surface area contributed by atoms with Gasteiger partial charge in [0.25, 0.3) is 0 Å².